The van der Waals surface area contributed by atoms with Gasteiger partial charge in [-0.2, -0.15) is 0 Å². The third kappa shape index (κ3) is 3.31. The van der Waals surface area contributed by atoms with Gasteiger partial charge >= 0.3 is 0 Å². The normalized spacial score (nSPS) is 12.0. The lowest BCUT2D eigenvalue weighted by atomic mass is 10.1. The molecule has 1 aliphatic rings. The molecule has 0 radical (unpaired) electrons. The third-order valence-electron chi connectivity index (χ3n) is 4.23. The lowest BCUT2D eigenvalue weighted by Gasteiger charge is -2.32. The fourth-order valence-corrected chi connectivity index (χ4v) is 3.10. The molecule has 1 aliphatic heterocycles. The van der Waals surface area contributed by atoms with Crippen molar-refractivity contribution >= 4 is 11.4 Å². The predicted molar refractivity (Wildman–Crippen MR) is 103 cm³/mol. The van der Waals surface area contributed by atoms with Crippen LogP contribution in [-0.4, -0.2) is 19.8 Å². The number of anilines is 2. The van der Waals surface area contributed by atoms with E-state index in [0.29, 0.717) is 13.2 Å². The molecule has 0 saturated carbocycles. The minimum Gasteiger partial charge on any atom is -0.494 e. The van der Waals surface area contributed by atoms with E-state index in [-0.39, 0.29) is 0 Å². The number of para-hydroxylation sites is 4. The quantitative estimate of drug-likeness (QED) is 0.597. The van der Waals surface area contributed by atoms with E-state index in [1.54, 1.807) is 0 Å². The Morgan fingerprint density at radius 2 is 1.38 bits per heavy atom. The Morgan fingerprint density at radius 1 is 0.769 bits per heavy atom. The predicted octanol–water partition coefficient (Wildman–Crippen LogP) is 5.41. The number of benzene rings is 3. The maximum atomic E-state index is 6.02. The van der Waals surface area contributed by atoms with E-state index in [1.807, 2.05) is 67.6 Å². The van der Waals surface area contributed by atoms with Crippen LogP contribution in [0.2, 0.25) is 0 Å². The highest BCUT2D eigenvalue weighted by molar-refractivity contribution is 5.77. The monoisotopic (exact) mass is 347 g/mol. The van der Waals surface area contributed by atoms with Crippen LogP contribution in [0.5, 0.6) is 23.0 Å². The largest absolute Gasteiger partial charge is 0.494 e. The molecule has 132 valence electrons. The van der Waals surface area contributed by atoms with E-state index in [4.69, 9.17) is 14.2 Å². The van der Waals surface area contributed by atoms with Crippen LogP contribution in [0.3, 0.4) is 0 Å². The lowest BCUT2D eigenvalue weighted by molar-refractivity contribution is 0.315. The molecule has 3 aromatic rings. The van der Waals surface area contributed by atoms with Crippen LogP contribution in [-0.2, 0) is 0 Å². The van der Waals surface area contributed by atoms with Gasteiger partial charge < -0.3 is 19.1 Å². The zero-order valence-corrected chi connectivity index (χ0v) is 14.7. The second-order valence-electron chi connectivity index (χ2n) is 5.95. The molecule has 0 bridgehead atoms. The first kappa shape index (κ1) is 16.3. The van der Waals surface area contributed by atoms with Crippen LogP contribution in [0.1, 0.15) is 6.92 Å². The molecule has 26 heavy (non-hydrogen) atoms. The summed E-state index contributed by atoms with van der Waals surface area (Å²) in [5, 5.41) is 0. The van der Waals surface area contributed by atoms with Gasteiger partial charge in [0.15, 0.2) is 11.5 Å². The summed E-state index contributed by atoms with van der Waals surface area (Å²) < 4.78 is 17.5. The average molecular weight is 347 g/mol. The summed E-state index contributed by atoms with van der Waals surface area (Å²) in [5.74, 6) is 3.37. The van der Waals surface area contributed by atoms with E-state index < -0.39 is 0 Å². The molecule has 0 unspecified atom stereocenters. The minimum atomic E-state index is 0.554. The standard InChI is InChI=1S/C22H21NO3/c1-2-24-17-8-7-9-18(16-17)25-15-14-23-19-10-3-5-12-21(19)26-22-13-6-4-11-20(22)23/h3-13,16H,2,14-15H2,1H3. The Morgan fingerprint density at radius 3 is 2.04 bits per heavy atom. The van der Waals surface area contributed by atoms with E-state index in [2.05, 4.69) is 17.0 Å². The SMILES string of the molecule is CCOc1cccc(OCCN2c3ccccc3Oc3ccccc32)c1. The fourth-order valence-electron chi connectivity index (χ4n) is 3.10. The number of nitrogens with zero attached hydrogens (tertiary/aromatic N) is 1. The number of rotatable bonds is 6. The first-order valence-electron chi connectivity index (χ1n) is 8.84. The molecule has 3 aromatic carbocycles. The highest BCUT2D eigenvalue weighted by atomic mass is 16.5. The number of fused-ring (bicyclic) bond motifs is 2. The molecule has 0 N–H and O–H groups in total. The summed E-state index contributed by atoms with van der Waals surface area (Å²) >= 11 is 0. The van der Waals surface area contributed by atoms with E-state index in [9.17, 15) is 0 Å². The van der Waals surface area contributed by atoms with Gasteiger partial charge in [-0.25, -0.2) is 0 Å². The van der Waals surface area contributed by atoms with Crippen molar-refractivity contribution in [2.75, 3.05) is 24.7 Å². The molecular formula is C22H21NO3. The average Bonchev–Trinajstić information content (AvgIpc) is 2.68. The Balaban J connectivity index is 1.51. The molecule has 0 saturated heterocycles. The molecule has 4 nitrogen and oxygen atoms in total. The Bertz CT molecular complexity index is 848. The smallest absolute Gasteiger partial charge is 0.151 e. The van der Waals surface area contributed by atoms with Gasteiger partial charge in [0, 0.05) is 6.07 Å². The molecule has 0 fully saturated rings. The van der Waals surface area contributed by atoms with Crippen molar-refractivity contribution in [3.05, 3.63) is 72.8 Å². The first-order chi connectivity index (χ1) is 12.8. The number of ether oxygens (including phenoxy) is 3. The van der Waals surface area contributed by atoms with Crippen molar-refractivity contribution in [3.8, 4) is 23.0 Å². The molecule has 0 aromatic heterocycles. The molecule has 0 amide bonds. The van der Waals surface area contributed by atoms with Gasteiger partial charge in [-0.05, 0) is 43.3 Å². The summed E-state index contributed by atoms with van der Waals surface area (Å²) in [5.41, 5.74) is 2.11. The topological polar surface area (TPSA) is 30.9 Å². The van der Waals surface area contributed by atoms with Crippen LogP contribution in [0.15, 0.2) is 72.8 Å². The fraction of sp³-hybridized carbons (Fsp3) is 0.182. The maximum Gasteiger partial charge on any atom is 0.151 e. The molecular weight excluding hydrogens is 326 g/mol. The Kier molecular flexibility index (Phi) is 4.65. The van der Waals surface area contributed by atoms with Gasteiger partial charge in [-0.3, -0.25) is 0 Å². The Labute approximate surface area is 153 Å². The summed E-state index contributed by atoms with van der Waals surface area (Å²) in [6.07, 6.45) is 0. The highest BCUT2D eigenvalue weighted by Crippen LogP contribution is 2.45. The van der Waals surface area contributed by atoms with E-state index in [0.717, 1.165) is 40.9 Å². The highest BCUT2D eigenvalue weighted by Gasteiger charge is 2.23. The molecule has 4 heteroatoms. The van der Waals surface area contributed by atoms with Crippen LogP contribution in [0.25, 0.3) is 0 Å². The van der Waals surface area contributed by atoms with Crippen molar-refractivity contribution in [1.82, 2.24) is 0 Å². The molecule has 0 aliphatic carbocycles. The van der Waals surface area contributed by atoms with Gasteiger partial charge in [-0.15, -0.1) is 0 Å². The van der Waals surface area contributed by atoms with E-state index >= 15 is 0 Å². The second-order valence-corrected chi connectivity index (χ2v) is 5.95. The van der Waals surface area contributed by atoms with E-state index in [1.165, 1.54) is 0 Å². The minimum absolute atomic E-state index is 0.554. The van der Waals surface area contributed by atoms with Gasteiger partial charge in [-0.1, -0.05) is 30.3 Å². The Hall–Kier alpha value is -3.14. The van der Waals surface area contributed by atoms with Crippen LogP contribution in [0.4, 0.5) is 11.4 Å². The van der Waals surface area contributed by atoms with Crippen LogP contribution < -0.4 is 19.1 Å². The van der Waals surface area contributed by atoms with Crippen molar-refractivity contribution in [2.45, 2.75) is 6.92 Å². The summed E-state index contributed by atoms with van der Waals surface area (Å²) in [7, 11) is 0. The maximum absolute atomic E-state index is 6.02. The molecule has 0 atom stereocenters. The second kappa shape index (κ2) is 7.40. The van der Waals surface area contributed by atoms with Crippen molar-refractivity contribution in [2.24, 2.45) is 0 Å². The summed E-state index contributed by atoms with van der Waals surface area (Å²) in [6.45, 7) is 3.89. The van der Waals surface area contributed by atoms with Crippen molar-refractivity contribution in [1.29, 1.82) is 0 Å². The van der Waals surface area contributed by atoms with Crippen LogP contribution >= 0.6 is 0 Å². The molecule has 4 rings (SSSR count). The number of hydrogen-bond acceptors (Lipinski definition) is 4. The van der Waals surface area contributed by atoms with Gasteiger partial charge in [0.05, 0.1) is 24.5 Å². The molecule has 1 heterocycles. The third-order valence-corrected chi connectivity index (χ3v) is 4.23. The lowest BCUT2D eigenvalue weighted by Crippen LogP contribution is -2.26. The first-order valence-corrected chi connectivity index (χ1v) is 8.84. The van der Waals surface area contributed by atoms with Gasteiger partial charge in [0.25, 0.3) is 0 Å². The number of hydrogen-bond donors (Lipinski definition) is 0. The molecule has 0 spiro atoms. The van der Waals surface area contributed by atoms with Gasteiger partial charge in [0.2, 0.25) is 0 Å². The zero-order chi connectivity index (χ0) is 17.8. The zero-order valence-electron chi connectivity index (χ0n) is 14.7. The summed E-state index contributed by atoms with van der Waals surface area (Å²) in [4.78, 5) is 2.24. The summed E-state index contributed by atoms with van der Waals surface area (Å²) in [6, 6.07) is 23.9. The van der Waals surface area contributed by atoms with Crippen molar-refractivity contribution in [3.63, 3.8) is 0 Å². The van der Waals surface area contributed by atoms with Crippen LogP contribution in [0, 0.1) is 0 Å². The van der Waals surface area contributed by atoms with Crippen molar-refractivity contribution < 1.29 is 14.2 Å². The van der Waals surface area contributed by atoms with Gasteiger partial charge in [0.1, 0.15) is 18.1 Å².